The van der Waals surface area contributed by atoms with Gasteiger partial charge in [-0.25, -0.2) is 0 Å². The fourth-order valence-corrected chi connectivity index (χ4v) is 3.44. The first-order chi connectivity index (χ1) is 10.2. The van der Waals surface area contributed by atoms with Gasteiger partial charge in [0.15, 0.2) is 4.34 Å². The molecule has 0 saturated heterocycles. The lowest BCUT2D eigenvalue weighted by Crippen LogP contribution is -1.82. The number of aromatic nitrogens is 3. The van der Waals surface area contributed by atoms with Crippen LogP contribution in [0.25, 0.3) is 11.3 Å². The lowest BCUT2D eigenvalue weighted by molar-refractivity contribution is 0.397. The number of rotatable bonds is 5. The highest BCUT2D eigenvalue weighted by molar-refractivity contribution is 8.00. The molecule has 3 rings (SSSR count). The van der Waals surface area contributed by atoms with Crippen molar-refractivity contribution in [3.8, 4) is 17.0 Å². The molecule has 0 radical (unpaired) electrons. The van der Waals surface area contributed by atoms with Gasteiger partial charge in [-0.2, -0.15) is 0 Å². The van der Waals surface area contributed by atoms with Crippen molar-refractivity contribution < 1.29 is 9.26 Å². The molecule has 3 aromatic rings. The molecule has 0 aliphatic rings. The van der Waals surface area contributed by atoms with E-state index >= 15 is 0 Å². The van der Waals surface area contributed by atoms with Gasteiger partial charge < -0.3 is 9.26 Å². The number of hydrogen-bond donors (Lipinski definition) is 0. The van der Waals surface area contributed by atoms with Crippen molar-refractivity contribution >= 4 is 23.1 Å². The Bertz CT molecular complexity index is 722. The summed E-state index contributed by atoms with van der Waals surface area (Å²) < 4.78 is 11.4. The van der Waals surface area contributed by atoms with Gasteiger partial charge >= 0.3 is 0 Å². The number of benzene rings is 1. The first kappa shape index (κ1) is 14.1. The molecule has 108 valence electrons. The largest absolute Gasteiger partial charge is 0.497 e. The summed E-state index contributed by atoms with van der Waals surface area (Å²) in [5.74, 6) is 2.33. The van der Waals surface area contributed by atoms with E-state index in [2.05, 4.69) is 15.4 Å². The molecule has 0 aliphatic heterocycles. The molecule has 5 nitrogen and oxygen atoms in total. The highest BCUT2D eigenvalue weighted by atomic mass is 32.2. The third-order valence-corrected chi connectivity index (χ3v) is 4.78. The summed E-state index contributed by atoms with van der Waals surface area (Å²) in [6.07, 6.45) is 0. The second kappa shape index (κ2) is 6.28. The summed E-state index contributed by atoms with van der Waals surface area (Å²) in [5.41, 5.74) is 1.82. The van der Waals surface area contributed by atoms with Gasteiger partial charge in [-0.1, -0.05) is 28.3 Å². The van der Waals surface area contributed by atoms with Crippen LogP contribution in [0.4, 0.5) is 0 Å². The Morgan fingerprint density at radius 1 is 1.24 bits per heavy atom. The van der Waals surface area contributed by atoms with E-state index in [-0.39, 0.29) is 0 Å². The van der Waals surface area contributed by atoms with Gasteiger partial charge in [0.25, 0.3) is 0 Å². The molecule has 0 unspecified atom stereocenters. The summed E-state index contributed by atoms with van der Waals surface area (Å²) >= 11 is 3.18. The van der Waals surface area contributed by atoms with Crippen LogP contribution in [0.2, 0.25) is 0 Å². The van der Waals surface area contributed by atoms with Crippen LogP contribution in [-0.2, 0) is 5.75 Å². The monoisotopic (exact) mass is 319 g/mol. The maximum absolute atomic E-state index is 5.36. The highest BCUT2D eigenvalue weighted by Gasteiger charge is 2.09. The minimum absolute atomic E-state index is 0.692. The first-order valence-electron chi connectivity index (χ1n) is 6.27. The van der Waals surface area contributed by atoms with Crippen LogP contribution >= 0.6 is 23.1 Å². The van der Waals surface area contributed by atoms with Crippen molar-refractivity contribution in [1.82, 2.24) is 15.4 Å². The number of ether oxygens (including phenoxy) is 1. The van der Waals surface area contributed by atoms with Gasteiger partial charge in [0.05, 0.1) is 12.9 Å². The van der Waals surface area contributed by atoms with Crippen molar-refractivity contribution in [1.29, 1.82) is 0 Å². The summed E-state index contributed by atoms with van der Waals surface area (Å²) in [4.78, 5) is 0. The molecule has 2 aromatic heterocycles. The molecule has 0 saturated carbocycles. The Morgan fingerprint density at radius 3 is 2.71 bits per heavy atom. The SMILES string of the molecule is COc1ccc(-c2cc(CSc3nnc(C)s3)on2)cc1. The molecule has 0 atom stereocenters. The van der Waals surface area contributed by atoms with Crippen molar-refractivity contribution in [3.63, 3.8) is 0 Å². The van der Waals surface area contributed by atoms with Gasteiger partial charge in [-0.3, -0.25) is 0 Å². The van der Waals surface area contributed by atoms with Crippen LogP contribution < -0.4 is 4.74 Å². The molecular weight excluding hydrogens is 306 g/mol. The van der Waals surface area contributed by atoms with Crippen LogP contribution in [0.15, 0.2) is 39.2 Å². The smallest absolute Gasteiger partial charge is 0.174 e. The van der Waals surface area contributed by atoms with E-state index in [9.17, 15) is 0 Å². The Kier molecular flexibility index (Phi) is 4.21. The molecule has 0 aliphatic carbocycles. The average Bonchev–Trinajstić information content (AvgIpc) is 3.14. The first-order valence-corrected chi connectivity index (χ1v) is 8.08. The van der Waals surface area contributed by atoms with E-state index in [0.29, 0.717) is 5.75 Å². The number of nitrogens with zero attached hydrogens (tertiary/aromatic N) is 3. The maximum atomic E-state index is 5.36. The predicted octanol–water partition coefficient (Wildman–Crippen LogP) is 3.80. The highest BCUT2D eigenvalue weighted by Crippen LogP contribution is 2.28. The van der Waals surface area contributed by atoms with E-state index in [1.54, 1.807) is 30.2 Å². The number of methoxy groups -OCH3 is 1. The van der Waals surface area contributed by atoms with Gasteiger partial charge in [0.2, 0.25) is 0 Å². The molecule has 2 heterocycles. The molecule has 1 aromatic carbocycles. The molecule has 21 heavy (non-hydrogen) atoms. The normalized spacial score (nSPS) is 10.8. The number of thioether (sulfide) groups is 1. The van der Waals surface area contributed by atoms with Crippen LogP contribution in [0.5, 0.6) is 5.75 Å². The topological polar surface area (TPSA) is 61.0 Å². The van der Waals surface area contributed by atoms with Gasteiger partial charge in [-0.05, 0) is 31.2 Å². The zero-order valence-electron chi connectivity index (χ0n) is 11.6. The number of hydrogen-bond acceptors (Lipinski definition) is 7. The van der Waals surface area contributed by atoms with Crippen molar-refractivity contribution in [3.05, 3.63) is 41.1 Å². The predicted molar refractivity (Wildman–Crippen MR) is 82.7 cm³/mol. The second-order valence-electron chi connectivity index (χ2n) is 4.28. The number of aryl methyl sites for hydroxylation is 1. The Labute approximate surface area is 130 Å². The molecule has 0 bridgehead atoms. The third-order valence-electron chi connectivity index (χ3n) is 2.79. The van der Waals surface area contributed by atoms with Crippen LogP contribution in [0.1, 0.15) is 10.8 Å². The van der Waals surface area contributed by atoms with E-state index in [1.807, 2.05) is 37.3 Å². The van der Waals surface area contributed by atoms with Gasteiger partial charge in [-0.15, -0.1) is 10.2 Å². The molecule has 0 amide bonds. The van der Waals surface area contributed by atoms with Crippen LogP contribution in [-0.4, -0.2) is 22.5 Å². The van der Waals surface area contributed by atoms with E-state index in [0.717, 1.165) is 32.1 Å². The van der Waals surface area contributed by atoms with Crippen molar-refractivity contribution in [2.24, 2.45) is 0 Å². The minimum Gasteiger partial charge on any atom is -0.497 e. The summed E-state index contributed by atoms with van der Waals surface area (Å²) in [6, 6.07) is 9.68. The molecule has 0 N–H and O–H groups in total. The molecule has 0 spiro atoms. The standard InChI is InChI=1S/C14H13N3O2S2/c1-9-15-16-14(21-9)20-8-12-7-13(17-19-12)10-3-5-11(18-2)6-4-10/h3-7H,8H2,1-2H3. The van der Waals surface area contributed by atoms with Crippen LogP contribution in [0, 0.1) is 6.92 Å². The summed E-state index contributed by atoms with van der Waals surface area (Å²) in [6.45, 7) is 1.94. The van der Waals surface area contributed by atoms with E-state index in [1.165, 1.54) is 0 Å². The summed E-state index contributed by atoms with van der Waals surface area (Å²) in [7, 11) is 1.65. The Balaban J connectivity index is 1.67. The zero-order valence-corrected chi connectivity index (χ0v) is 13.2. The van der Waals surface area contributed by atoms with Gasteiger partial charge in [0, 0.05) is 11.6 Å². The van der Waals surface area contributed by atoms with Crippen LogP contribution in [0.3, 0.4) is 0 Å². The van der Waals surface area contributed by atoms with Crippen molar-refractivity contribution in [2.75, 3.05) is 7.11 Å². The summed E-state index contributed by atoms with van der Waals surface area (Å²) in [5, 5.41) is 13.1. The maximum Gasteiger partial charge on any atom is 0.174 e. The fraction of sp³-hybridized carbons (Fsp3) is 0.214. The van der Waals surface area contributed by atoms with E-state index < -0.39 is 0 Å². The quantitative estimate of drug-likeness (QED) is 0.667. The Hall–Kier alpha value is -1.86. The molecular formula is C14H13N3O2S2. The minimum atomic E-state index is 0.692. The lowest BCUT2D eigenvalue weighted by atomic mass is 10.1. The van der Waals surface area contributed by atoms with Crippen molar-refractivity contribution in [2.45, 2.75) is 17.0 Å². The fourth-order valence-electron chi connectivity index (χ4n) is 1.75. The van der Waals surface area contributed by atoms with Gasteiger partial charge in [0.1, 0.15) is 22.2 Å². The second-order valence-corrected chi connectivity index (χ2v) is 6.69. The third kappa shape index (κ3) is 3.43. The van der Waals surface area contributed by atoms with E-state index in [4.69, 9.17) is 9.26 Å². The molecule has 0 fully saturated rings. The molecule has 7 heteroatoms. The Morgan fingerprint density at radius 2 is 2.05 bits per heavy atom. The lowest BCUT2D eigenvalue weighted by Gasteiger charge is -1.99. The zero-order chi connectivity index (χ0) is 14.7. The average molecular weight is 319 g/mol.